The summed E-state index contributed by atoms with van der Waals surface area (Å²) < 4.78 is 49.7. The van der Waals surface area contributed by atoms with Gasteiger partial charge in [0.05, 0.1) is 7.11 Å². The molecule has 0 bridgehead atoms. The lowest BCUT2D eigenvalue weighted by Crippen LogP contribution is -2.16. The van der Waals surface area contributed by atoms with Crippen molar-refractivity contribution in [1.82, 2.24) is 20.2 Å². The highest BCUT2D eigenvalue weighted by atomic mass is 32.2. The minimum atomic E-state index is -4.59. The molecule has 0 saturated carbocycles. The molecule has 0 saturated heterocycles. The van der Waals surface area contributed by atoms with Crippen molar-refractivity contribution in [2.24, 2.45) is 0 Å². The average molecular weight is 397 g/mol. The number of hydrogen-bond donors (Lipinski definition) is 0. The molecular weight excluding hydrogens is 383 g/mol. The van der Waals surface area contributed by atoms with Crippen molar-refractivity contribution in [3.05, 3.63) is 36.0 Å². The molecule has 1 aromatic carbocycles. The Morgan fingerprint density at radius 3 is 2.37 bits per heavy atom. The molecule has 2 aromatic heterocycles. The fourth-order valence-corrected chi connectivity index (χ4v) is 2.65. The maximum absolute atomic E-state index is 13.1. The number of anilines is 1. The number of rotatable bonds is 5. The van der Waals surface area contributed by atoms with Crippen molar-refractivity contribution in [3.8, 4) is 17.2 Å². The molecule has 11 heteroatoms. The summed E-state index contributed by atoms with van der Waals surface area (Å²) >= 11 is 0.759. The van der Waals surface area contributed by atoms with Gasteiger partial charge in [0, 0.05) is 37.5 Å². The molecule has 0 unspecified atom stereocenters. The van der Waals surface area contributed by atoms with E-state index in [2.05, 4.69) is 20.2 Å². The van der Waals surface area contributed by atoms with Gasteiger partial charge in [-0.25, -0.2) is 9.97 Å². The maximum Gasteiger partial charge on any atom is 0.433 e. The van der Waals surface area contributed by atoms with E-state index in [1.54, 1.807) is 45.5 Å². The topological polar surface area (TPSA) is 77.2 Å². The van der Waals surface area contributed by atoms with Gasteiger partial charge in [-0.2, -0.15) is 13.2 Å². The number of hydrogen-bond acceptors (Lipinski definition) is 8. The quantitative estimate of drug-likeness (QED) is 0.602. The molecule has 27 heavy (non-hydrogen) atoms. The molecule has 0 radical (unpaired) electrons. The van der Waals surface area contributed by atoms with E-state index in [1.807, 2.05) is 0 Å². The van der Waals surface area contributed by atoms with Crippen molar-refractivity contribution in [3.63, 3.8) is 0 Å². The van der Waals surface area contributed by atoms with Crippen LogP contribution < -0.4 is 9.64 Å². The molecule has 3 rings (SSSR count). The Kier molecular flexibility index (Phi) is 5.22. The van der Waals surface area contributed by atoms with Crippen LogP contribution in [0.4, 0.5) is 19.0 Å². The van der Waals surface area contributed by atoms with E-state index < -0.39 is 11.9 Å². The summed E-state index contributed by atoms with van der Waals surface area (Å²) in [6.07, 6.45) is -4.59. The van der Waals surface area contributed by atoms with E-state index >= 15 is 0 Å². The van der Waals surface area contributed by atoms with Gasteiger partial charge in [-0.3, -0.25) is 0 Å². The first kappa shape index (κ1) is 19.0. The second-order valence-electron chi connectivity index (χ2n) is 5.49. The summed E-state index contributed by atoms with van der Waals surface area (Å²) in [6, 6.07) is 7.79. The highest BCUT2D eigenvalue weighted by Crippen LogP contribution is 2.33. The van der Waals surface area contributed by atoms with Crippen LogP contribution >= 0.6 is 11.8 Å². The smallest absolute Gasteiger partial charge is 0.433 e. The van der Waals surface area contributed by atoms with Crippen molar-refractivity contribution in [2.45, 2.75) is 16.6 Å². The Bertz CT molecular complexity index is 929. The van der Waals surface area contributed by atoms with Crippen LogP contribution in [0.3, 0.4) is 0 Å². The molecule has 7 nitrogen and oxygen atoms in total. The van der Waals surface area contributed by atoms with Crippen molar-refractivity contribution in [1.29, 1.82) is 0 Å². The Balaban J connectivity index is 1.87. The predicted octanol–water partition coefficient (Wildman–Crippen LogP) is 3.77. The molecular formula is C16H14F3N5O2S. The average Bonchev–Trinajstić information content (AvgIpc) is 3.09. The molecule has 0 fully saturated rings. The summed E-state index contributed by atoms with van der Waals surface area (Å²) in [5, 5.41) is 7.63. The van der Waals surface area contributed by atoms with Crippen LogP contribution in [0.2, 0.25) is 0 Å². The van der Waals surface area contributed by atoms with Gasteiger partial charge in [0.1, 0.15) is 11.6 Å². The Labute approximate surface area is 156 Å². The van der Waals surface area contributed by atoms with Gasteiger partial charge >= 0.3 is 6.18 Å². The zero-order valence-electron chi connectivity index (χ0n) is 14.5. The van der Waals surface area contributed by atoms with Gasteiger partial charge < -0.3 is 14.1 Å². The fourth-order valence-electron chi connectivity index (χ4n) is 2.01. The normalized spacial score (nSPS) is 11.5. The van der Waals surface area contributed by atoms with Gasteiger partial charge in [0.25, 0.3) is 5.22 Å². The first-order valence-electron chi connectivity index (χ1n) is 7.55. The van der Waals surface area contributed by atoms with Gasteiger partial charge in [-0.15, -0.1) is 10.2 Å². The van der Waals surface area contributed by atoms with Gasteiger partial charge in [-0.05, 0) is 24.3 Å². The molecule has 0 spiro atoms. The SMILES string of the molecule is COc1ccc(-c2nnc(Sc3nc(N(C)C)cc(C(F)(F)F)n3)o2)cc1. The highest BCUT2D eigenvalue weighted by Gasteiger charge is 2.34. The molecule has 0 N–H and O–H groups in total. The number of alkyl halides is 3. The summed E-state index contributed by atoms with van der Waals surface area (Å²) in [4.78, 5) is 9.08. The Morgan fingerprint density at radius 1 is 1.07 bits per heavy atom. The summed E-state index contributed by atoms with van der Waals surface area (Å²) in [7, 11) is 4.73. The van der Waals surface area contributed by atoms with Crippen LogP contribution in [0, 0.1) is 0 Å². The van der Waals surface area contributed by atoms with Crippen LogP contribution in [0.5, 0.6) is 5.75 Å². The molecule has 0 amide bonds. The standard InChI is InChI=1S/C16H14F3N5O2S/c1-24(2)12-8-11(16(17,18)19)20-14(21-12)27-15-23-22-13(26-15)9-4-6-10(25-3)7-5-9/h4-8H,1-3H3. The second-order valence-corrected chi connectivity index (χ2v) is 6.41. The number of benzene rings is 1. The zero-order chi connectivity index (χ0) is 19.6. The maximum atomic E-state index is 13.1. The molecule has 0 atom stereocenters. The van der Waals surface area contributed by atoms with Crippen molar-refractivity contribution >= 4 is 17.6 Å². The fraction of sp³-hybridized carbons (Fsp3) is 0.250. The number of nitrogens with zero attached hydrogens (tertiary/aromatic N) is 5. The van der Waals surface area contributed by atoms with E-state index in [1.165, 1.54) is 4.90 Å². The summed E-state index contributed by atoms with van der Waals surface area (Å²) in [5.74, 6) is 1.01. The lowest BCUT2D eigenvalue weighted by Gasteiger charge is -2.14. The zero-order valence-corrected chi connectivity index (χ0v) is 15.3. The first-order chi connectivity index (χ1) is 12.8. The molecule has 0 aliphatic rings. The van der Waals surface area contributed by atoms with E-state index in [4.69, 9.17) is 9.15 Å². The van der Waals surface area contributed by atoms with Crippen LogP contribution in [0.25, 0.3) is 11.5 Å². The van der Waals surface area contributed by atoms with Crippen LogP contribution in [0.15, 0.2) is 45.1 Å². The van der Waals surface area contributed by atoms with E-state index in [9.17, 15) is 13.2 Å². The Hall–Kier alpha value is -2.82. The van der Waals surface area contributed by atoms with Gasteiger partial charge in [-0.1, -0.05) is 0 Å². The van der Waals surface area contributed by atoms with Crippen LogP contribution in [-0.4, -0.2) is 41.4 Å². The van der Waals surface area contributed by atoms with E-state index in [-0.39, 0.29) is 22.1 Å². The molecule has 2 heterocycles. The minimum absolute atomic E-state index is 0.0323. The molecule has 142 valence electrons. The lowest BCUT2D eigenvalue weighted by atomic mass is 10.2. The molecule has 0 aliphatic carbocycles. The van der Waals surface area contributed by atoms with Gasteiger partial charge in [0.2, 0.25) is 5.89 Å². The van der Waals surface area contributed by atoms with Crippen molar-refractivity contribution in [2.75, 3.05) is 26.1 Å². The largest absolute Gasteiger partial charge is 0.497 e. The van der Waals surface area contributed by atoms with E-state index in [0.29, 0.717) is 11.3 Å². The highest BCUT2D eigenvalue weighted by molar-refractivity contribution is 7.98. The van der Waals surface area contributed by atoms with Crippen LogP contribution in [-0.2, 0) is 6.18 Å². The monoisotopic (exact) mass is 397 g/mol. The summed E-state index contributed by atoms with van der Waals surface area (Å²) in [5.41, 5.74) is -0.396. The number of aromatic nitrogens is 4. The third kappa shape index (κ3) is 4.48. The number of ether oxygens (including phenoxy) is 1. The third-order valence-electron chi connectivity index (χ3n) is 3.36. The van der Waals surface area contributed by atoms with Gasteiger partial charge in [0.15, 0.2) is 10.9 Å². The predicted molar refractivity (Wildman–Crippen MR) is 91.8 cm³/mol. The number of methoxy groups -OCH3 is 1. The molecule has 0 aliphatic heterocycles. The first-order valence-corrected chi connectivity index (χ1v) is 8.37. The molecule has 3 aromatic rings. The lowest BCUT2D eigenvalue weighted by molar-refractivity contribution is -0.141. The van der Waals surface area contributed by atoms with Crippen LogP contribution in [0.1, 0.15) is 5.69 Å². The minimum Gasteiger partial charge on any atom is -0.497 e. The van der Waals surface area contributed by atoms with Crippen molar-refractivity contribution < 1.29 is 22.3 Å². The number of halogens is 3. The Morgan fingerprint density at radius 2 is 1.78 bits per heavy atom. The van der Waals surface area contributed by atoms with E-state index in [0.717, 1.165) is 17.8 Å². The summed E-state index contributed by atoms with van der Waals surface area (Å²) in [6.45, 7) is 0. The third-order valence-corrected chi connectivity index (χ3v) is 4.07. The second kappa shape index (κ2) is 7.43.